The van der Waals surface area contributed by atoms with Crippen LogP contribution in [0.3, 0.4) is 0 Å². The Balaban J connectivity index is 2.49. The van der Waals surface area contributed by atoms with Gasteiger partial charge in [-0.3, -0.25) is 4.79 Å². The minimum absolute atomic E-state index is 0.159. The summed E-state index contributed by atoms with van der Waals surface area (Å²) >= 11 is 0. The van der Waals surface area contributed by atoms with Crippen molar-refractivity contribution in [2.24, 2.45) is 5.92 Å². The number of hydrogen-bond acceptors (Lipinski definition) is 2. The standard InChI is InChI=1S/C16H19NO3/c1-11(2)6-5-9-17-10-13(16(19)20)15(18)12-7-3-4-8-14(12)17/h3-4,7-8,10-11H,5-6,9H2,1-2H3,(H,19,20). The molecule has 0 unspecified atom stereocenters. The lowest BCUT2D eigenvalue weighted by Crippen LogP contribution is -2.19. The van der Waals surface area contributed by atoms with E-state index in [1.165, 1.54) is 6.20 Å². The van der Waals surface area contributed by atoms with E-state index in [1.807, 2.05) is 16.7 Å². The first-order chi connectivity index (χ1) is 9.50. The van der Waals surface area contributed by atoms with Gasteiger partial charge in [-0.2, -0.15) is 0 Å². The van der Waals surface area contributed by atoms with Crippen molar-refractivity contribution < 1.29 is 9.90 Å². The molecule has 20 heavy (non-hydrogen) atoms. The molecule has 1 heterocycles. The Morgan fingerprint density at radius 2 is 2.00 bits per heavy atom. The van der Waals surface area contributed by atoms with E-state index >= 15 is 0 Å². The molecule has 1 aromatic carbocycles. The van der Waals surface area contributed by atoms with Crippen LogP contribution in [0.15, 0.2) is 35.3 Å². The fourth-order valence-electron chi connectivity index (χ4n) is 2.35. The second kappa shape index (κ2) is 5.90. The van der Waals surface area contributed by atoms with Gasteiger partial charge < -0.3 is 9.67 Å². The monoisotopic (exact) mass is 273 g/mol. The number of benzene rings is 1. The lowest BCUT2D eigenvalue weighted by Gasteiger charge is -2.13. The number of fused-ring (bicyclic) bond motifs is 1. The quantitative estimate of drug-likeness (QED) is 0.910. The maximum Gasteiger partial charge on any atom is 0.341 e. The van der Waals surface area contributed by atoms with E-state index in [-0.39, 0.29) is 5.56 Å². The second-order valence-electron chi connectivity index (χ2n) is 5.42. The first-order valence-electron chi connectivity index (χ1n) is 6.86. The van der Waals surface area contributed by atoms with Crippen molar-refractivity contribution in [3.8, 4) is 0 Å². The van der Waals surface area contributed by atoms with Gasteiger partial charge in [-0.1, -0.05) is 26.0 Å². The summed E-state index contributed by atoms with van der Waals surface area (Å²) in [5.41, 5.74) is 0.229. The molecule has 0 fully saturated rings. The number of carboxylic acids is 1. The highest BCUT2D eigenvalue weighted by molar-refractivity contribution is 5.92. The number of rotatable bonds is 5. The van der Waals surface area contributed by atoms with Gasteiger partial charge in [0.15, 0.2) is 0 Å². The third kappa shape index (κ3) is 2.90. The molecule has 2 aromatic rings. The molecular formula is C16H19NO3. The number of para-hydroxylation sites is 1. The van der Waals surface area contributed by atoms with Crippen LogP contribution in [0.4, 0.5) is 0 Å². The molecule has 0 saturated carbocycles. The Kier molecular flexibility index (Phi) is 4.23. The summed E-state index contributed by atoms with van der Waals surface area (Å²) in [5.74, 6) is -0.557. The van der Waals surface area contributed by atoms with Crippen LogP contribution in [-0.2, 0) is 6.54 Å². The molecule has 106 valence electrons. The predicted molar refractivity (Wildman–Crippen MR) is 79.2 cm³/mol. The van der Waals surface area contributed by atoms with Gasteiger partial charge in [-0.05, 0) is 30.9 Å². The average Bonchev–Trinajstić information content (AvgIpc) is 2.41. The Morgan fingerprint density at radius 3 is 2.65 bits per heavy atom. The first kappa shape index (κ1) is 14.3. The molecule has 2 rings (SSSR count). The van der Waals surface area contributed by atoms with Crippen LogP contribution in [0.2, 0.25) is 0 Å². The lowest BCUT2D eigenvalue weighted by atomic mass is 10.1. The van der Waals surface area contributed by atoms with Gasteiger partial charge in [0.05, 0.1) is 5.52 Å². The number of nitrogens with zero attached hydrogens (tertiary/aromatic N) is 1. The number of aromatic carboxylic acids is 1. The highest BCUT2D eigenvalue weighted by Crippen LogP contribution is 2.14. The average molecular weight is 273 g/mol. The zero-order valence-electron chi connectivity index (χ0n) is 11.8. The van der Waals surface area contributed by atoms with Crippen molar-refractivity contribution in [1.82, 2.24) is 4.57 Å². The van der Waals surface area contributed by atoms with Crippen molar-refractivity contribution >= 4 is 16.9 Å². The summed E-state index contributed by atoms with van der Waals surface area (Å²) in [5, 5.41) is 9.62. The molecule has 0 bridgehead atoms. The van der Waals surface area contributed by atoms with Crippen LogP contribution in [0.1, 0.15) is 37.0 Å². The molecule has 0 saturated heterocycles. The first-order valence-corrected chi connectivity index (χ1v) is 6.86. The molecule has 0 radical (unpaired) electrons. The Hall–Kier alpha value is -2.10. The fourth-order valence-corrected chi connectivity index (χ4v) is 2.35. The molecule has 0 spiro atoms. The van der Waals surface area contributed by atoms with E-state index in [1.54, 1.807) is 12.1 Å². The minimum Gasteiger partial charge on any atom is -0.477 e. The van der Waals surface area contributed by atoms with E-state index in [0.717, 1.165) is 24.9 Å². The Bertz CT molecular complexity index is 686. The smallest absolute Gasteiger partial charge is 0.341 e. The van der Waals surface area contributed by atoms with Crippen molar-refractivity contribution in [3.63, 3.8) is 0 Å². The van der Waals surface area contributed by atoms with Crippen LogP contribution in [0.5, 0.6) is 0 Å². The summed E-state index contributed by atoms with van der Waals surface area (Å²) < 4.78 is 1.88. The van der Waals surface area contributed by atoms with Crippen LogP contribution >= 0.6 is 0 Å². The van der Waals surface area contributed by atoms with Crippen molar-refractivity contribution in [2.45, 2.75) is 33.2 Å². The molecule has 0 aliphatic carbocycles. The van der Waals surface area contributed by atoms with E-state index in [2.05, 4.69) is 13.8 Å². The number of hydrogen-bond donors (Lipinski definition) is 1. The van der Waals surface area contributed by atoms with Crippen LogP contribution in [0, 0.1) is 5.92 Å². The molecule has 4 nitrogen and oxygen atoms in total. The molecule has 1 aromatic heterocycles. The summed E-state index contributed by atoms with van der Waals surface area (Å²) in [6.07, 6.45) is 3.50. The maximum atomic E-state index is 12.1. The van der Waals surface area contributed by atoms with Crippen LogP contribution < -0.4 is 5.43 Å². The fraction of sp³-hybridized carbons (Fsp3) is 0.375. The zero-order valence-corrected chi connectivity index (χ0v) is 11.8. The lowest BCUT2D eigenvalue weighted by molar-refractivity contribution is 0.0695. The minimum atomic E-state index is -1.17. The van der Waals surface area contributed by atoms with Gasteiger partial charge in [0.1, 0.15) is 5.56 Å². The number of pyridine rings is 1. The number of aryl methyl sites for hydroxylation is 1. The number of carboxylic acid groups (broad SMARTS) is 1. The largest absolute Gasteiger partial charge is 0.477 e. The molecular weight excluding hydrogens is 254 g/mol. The van der Waals surface area contributed by atoms with E-state index in [9.17, 15) is 9.59 Å². The molecule has 1 N–H and O–H groups in total. The van der Waals surface area contributed by atoms with Crippen molar-refractivity contribution in [3.05, 3.63) is 46.2 Å². The van der Waals surface area contributed by atoms with Crippen LogP contribution in [0.25, 0.3) is 10.9 Å². The molecule has 0 aliphatic heterocycles. The maximum absolute atomic E-state index is 12.1. The molecule has 0 amide bonds. The van der Waals surface area contributed by atoms with Gasteiger partial charge in [0.25, 0.3) is 0 Å². The SMILES string of the molecule is CC(C)CCCn1cc(C(=O)O)c(=O)c2ccccc21. The van der Waals surface area contributed by atoms with Crippen molar-refractivity contribution in [2.75, 3.05) is 0 Å². The Morgan fingerprint density at radius 1 is 1.30 bits per heavy atom. The van der Waals surface area contributed by atoms with Gasteiger partial charge in [0.2, 0.25) is 5.43 Å². The number of aromatic nitrogens is 1. The van der Waals surface area contributed by atoms with Gasteiger partial charge in [-0.25, -0.2) is 4.79 Å². The third-order valence-corrected chi connectivity index (χ3v) is 3.40. The summed E-state index contributed by atoms with van der Waals surface area (Å²) in [4.78, 5) is 23.3. The summed E-state index contributed by atoms with van der Waals surface area (Å²) in [6.45, 7) is 5.04. The predicted octanol–water partition coefficient (Wildman–Crippen LogP) is 3.14. The summed E-state index contributed by atoms with van der Waals surface area (Å²) in [6, 6.07) is 7.16. The van der Waals surface area contributed by atoms with Gasteiger partial charge in [-0.15, -0.1) is 0 Å². The normalized spacial score (nSPS) is 11.2. The second-order valence-corrected chi connectivity index (χ2v) is 5.42. The van der Waals surface area contributed by atoms with Gasteiger partial charge in [0, 0.05) is 18.1 Å². The van der Waals surface area contributed by atoms with E-state index in [0.29, 0.717) is 11.3 Å². The topological polar surface area (TPSA) is 59.3 Å². The van der Waals surface area contributed by atoms with E-state index < -0.39 is 11.4 Å². The Labute approximate surface area is 117 Å². The van der Waals surface area contributed by atoms with E-state index in [4.69, 9.17) is 5.11 Å². The van der Waals surface area contributed by atoms with Crippen molar-refractivity contribution in [1.29, 1.82) is 0 Å². The molecule has 0 atom stereocenters. The number of carbonyl (C=O) groups is 1. The molecule has 4 heteroatoms. The third-order valence-electron chi connectivity index (χ3n) is 3.40. The zero-order chi connectivity index (χ0) is 14.7. The highest BCUT2D eigenvalue weighted by atomic mass is 16.4. The summed E-state index contributed by atoms with van der Waals surface area (Å²) in [7, 11) is 0. The highest BCUT2D eigenvalue weighted by Gasteiger charge is 2.13. The van der Waals surface area contributed by atoms with Crippen LogP contribution in [-0.4, -0.2) is 15.6 Å². The molecule has 0 aliphatic rings. The van der Waals surface area contributed by atoms with Gasteiger partial charge >= 0.3 is 5.97 Å².